The molecule has 0 spiro atoms. The first-order chi connectivity index (χ1) is 33.2. The van der Waals surface area contributed by atoms with Crippen LogP contribution in [-0.4, -0.2) is 103 Å². The molecule has 6 heterocycles. The Morgan fingerprint density at radius 1 is 0.676 bits per heavy atom. The number of methoxy groups -OCH3 is 2. The number of para-hydroxylation sites is 2. The van der Waals surface area contributed by atoms with Gasteiger partial charge in [0.1, 0.15) is 23.7 Å². The van der Waals surface area contributed by atoms with Crippen LogP contribution in [0, 0.1) is 11.8 Å². The quantitative estimate of drug-likeness (QED) is 0.0712. The fourth-order valence-electron chi connectivity index (χ4n) is 9.67. The zero-order chi connectivity index (χ0) is 46.7. The second kappa shape index (κ2) is 18.9. The summed E-state index contributed by atoms with van der Waals surface area (Å²) in [5.41, 5.74) is 8.72. The molecule has 8 aromatic rings. The van der Waals surface area contributed by atoms with Crippen LogP contribution < -0.4 is 10.6 Å². The van der Waals surface area contributed by atoms with Crippen molar-refractivity contribution < 1.29 is 28.7 Å². The number of nitrogens with zero attached hydrogens (tertiary/aromatic N) is 4. The summed E-state index contributed by atoms with van der Waals surface area (Å²) in [6.45, 7) is 1.08. The molecular weight excluding hydrogens is 861 g/mol. The molecule has 68 heavy (non-hydrogen) atoms. The highest BCUT2D eigenvalue weighted by atomic mass is 16.5. The van der Waals surface area contributed by atoms with Gasteiger partial charge in [-0.2, -0.15) is 0 Å². The van der Waals surface area contributed by atoms with Crippen molar-refractivity contribution in [3.8, 4) is 23.1 Å². The van der Waals surface area contributed by atoms with Gasteiger partial charge in [-0.1, -0.05) is 60.4 Å². The first-order valence-corrected chi connectivity index (χ1v) is 22.8. The minimum atomic E-state index is -0.833. The molecule has 10 rings (SSSR count). The summed E-state index contributed by atoms with van der Waals surface area (Å²) >= 11 is 0. The number of aromatic amines is 4. The van der Waals surface area contributed by atoms with E-state index >= 15 is 0 Å². The molecule has 344 valence electrons. The normalized spacial score (nSPS) is 16.7. The lowest BCUT2D eigenvalue weighted by molar-refractivity contribution is -0.135. The minimum absolute atomic E-state index is 0.193. The first kappa shape index (κ1) is 43.6. The average molecular weight is 911 g/mol. The van der Waals surface area contributed by atoms with E-state index in [0.29, 0.717) is 37.6 Å². The van der Waals surface area contributed by atoms with Gasteiger partial charge in [-0.3, -0.25) is 9.59 Å². The van der Waals surface area contributed by atoms with Crippen molar-refractivity contribution in [1.29, 1.82) is 0 Å². The summed E-state index contributed by atoms with van der Waals surface area (Å²) in [6, 6.07) is 27.2. The number of H-pyrrole nitrogens is 4. The summed E-state index contributed by atoms with van der Waals surface area (Å²) in [6.07, 6.45) is 7.89. The van der Waals surface area contributed by atoms with Gasteiger partial charge < -0.3 is 49.8 Å². The number of nitrogens with one attached hydrogen (secondary N) is 6. The predicted octanol–water partition coefficient (Wildman–Crippen LogP) is 7.58. The van der Waals surface area contributed by atoms with Gasteiger partial charge in [0.2, 0.25) is 11.8 Å². The second-order valence-corrected chi connectivity index (χ2v) is 17.2. The number of likely N-dealkylation sites (tertiary alicyclic amines) is 2. The van der Waals surface area contributed by atoms with E-state index in [1.54, 1.807) is 11.1 Å². The molecule has 6 N–H and O–H groups in total. The fourth-order valence-corrected chi connectivity index (χ4v) is 9.67. The Labute approximate surface area is 391 Å². The van der Waals surface area contributed by atoms with Crippen LogP contribution in [0.15, 0.2) is 110 Å². The summed E-state index contributed by atoms with van der Waals surface area (Å²) in [7, 11) is 2.58. The van der Waals surface area contributed by atoms with Gasteiger partial charge in [0.15, 0.2) is 0 Å². The largest absolute Gasteiger partial charge is 0.453 e. The molecule has 0 bridgehead atoms. The Morgan fingerprint density at radius 2 is 1.22 bits per heavy atom. The SMILES string of the molecule is COC(=O)NC(Cc1c[nH]c2ccccc12)C(=O)N1CCCC1c1ncc(-c2ccc(C#Cc3ccc4nc(C5CCCN5C(=O)C(Cc5c[nH]c6ccccc56)NC(=O)OC)[nH]c4c3)cc2)[nH]1. The van der Waals surface area contributed by atoms with E-state index in [4.69, 9.17) is 19.4 Å². The molecule has 0 aliphatic carbocycles. The van der Waals surface area contributed by atoms with E-state index in [1.165, 1.54) is 14.2 Å². The molecule has 2 aliphatic rings. The van der Waals surface area contributed by atoms with E-state index in [9.17, 15) is 19.2 Å². The number of ether oxygens (including phenoxy) is 2. The Bertz CT molecular complexity index is 3230. The average Bonchev–Trinajstić information content (AvgIpc) is 4.24. The monoisotopic (exact) mass is 910 g/mol. The van der Waals surface area contributed by atoms with Crippen LogP contribution in [0.1, 0.15) is 71.7 Å². The van der Waals surface area contributed by atoms with Gasteiger partial charge in [-0.05, 0) is 84.8 Å². The molecular formula is C52H50N10O6. The van der Waals surface area contributed by atoms with E-state index in [1.807, 2.05) is 108 Å². The lowest BCUT2D eigenvalue weighted by Gasteiger charge is -2.28. The number of carbonyl (C=O) groups is 4. The summed E-state index contributed by atoms with van der Waals surface area (Å²) < 4.78 is 9.81. The third kappa shape index (κ3) is 8.85. The molecule has 2 aliphatic heterocycles. The maximum Gasteiger partial charge on any atom is 0.407 e. The molecule has 4 atom stereocenters. The molecule has 16 nitrogen and oxygen atoms in total. The molecule has 0 radical (unpaired) electrons. The lowest BCUT2D eigenvalue weighted by atomic mass is 10.0. The van der Waals surface area contributed by atoms with Crippen LogP contribution in [0.25, 0.3) is 44.1 Å². The number of hydrogen-bond donors (Lipinski definition) is 6. The van der Waals surface area contributed by atoms with E-state index in [-0.39, 0.29) is 23.9 Å². The topological polar surface area (TPSA) is 206 Å². The fraction of sp³-hybridized carbons (Fsp3) is 0.269. The predicted molar refractivity (Wildman–Crippen MR) is 256 cm³/mol. The lowest BCUT2D eigenvalue weighted by Crippen LogP contribution is -2.49. The Morgan fingerprint density at radius 3 is 1.81 bits per heavy atom. The summed E-state index contributed by atoms with van der Waals surface area (Å²) in [4.78, 5) is 79.9. The number of hydrogen-bond acceptors (Lipinski definition) is 8. The molecule has 4 aromatic carbocycles. The molecule has 2 fully saturated rings. The Hall–Kier alpha value is -8.32. The van der Waals surface area contributed by atoms with Crippen molar-refractivity contribution in [3.63, 3.8) is 0 Å². The molecule has 4 amide bonds. The smallest absolute Gasteiger partial charge is 0.407 e. The highest BCUT2D eigenvalue weighted by Gasteiger charge is 2.38. The zero-order valence-electron chi connectivity index (χ0n) is 37.6. The number of alkyl carbamates (subject to hydrolysis) is 2. The Balaban J connectivity index is 0.804. The van der Waals surface area contributed by atoms with Gasteiger partial charge in [0.25, 0.3) is 0 Å². The van der Waals surface area contributed by atoms with Crippen LogP contribution in [0.3, 0.4) is 0 Å². The van der Waals surface area contributed by atoms with E-state index in [2.05, 4.69) is 42.4 Å². The van der Waals surface area contributed by atoms with Crippen molar-refractivity contribution in [2.45, 2.75) is 62.7 Å². The number of fused-ring (bicyclic) bond motifs is 3. The number of amides is 4. The summed E-state index contributed by atoms with van der Waals surface area (Å²) in [5, 5.41) is 7.56. The molecule has 16 heteroatoms. The van der Waals surface area contributed by atoms with Crippen LogP contribution >= 0.6 is 0 Å². The molecule has 4 unspecified atom stereocenters. The van der Waals surface area contributed by atoms with Gasteiger partial charge in [0.05, 0.1) is 49.2 Å². The Kier molecular flexibility index (Phi) is 12.1. The van der Waals surface area contributed by atoms with E-state index in [0.717, 1.165) is 92.0 Å². The third-order valence-electron chi connectivity index (χ3n) is 13.1. The van der Waals surface area contributed by atoms with Gasteiger partial charge >= 0.3 is 12.2 Å². The third-order valence-corrected chi connectivity index (χ3v) is 13.1. The second-order valence-electron chi connectivity index (χ2n) is 17.2. The van der Waals surface area contributed by atoms with Crippen LogP contribution in [-0.2, 0) is 31.9 Å². The summed E-state index contributed by atoms with van der Waals surface area (Å²) in [5.74, 6) is 7.54. The number of rotatable bonds is 11. The van der Waals surface area contributed by atoms with Crippen LogP contribution in [0.5, 0.6) is 0 Å². The molecule has 2 saturated heterocycles. The number of imidazole rings is 2. The number of carbonyl (C=O) groups excluding carboxylic acids is 4. The maximum atomic E-state index is 14.2. The highest BCUT2D eigenvalue weighted by Crippen LogP contribution is 2.35. The van der Waals surface area contributed by atoms with Crippen molar-refractivity contribution in [2.24, 2.45) is 0 Å². The van der Waals surface area contributed by atoms with Crippen molar-refractivity contribution in [2.75, 3.05) is 27.3 Å². The number of benzene rings is 4. The van der Waals surface area contributed by atoms with Crippen molar-refractivity contribution in [1.82, 2.24) is 50.3 Å². The first-order valence-electron chi connectivity index (χ1n) is 22.8. The van der Waals surface area contributed by atoms with Crippen LogP contribution in [0.4, 0.5) is 9.59 Å². The molecule has 0 saturated carbocycles. The minimum Gasteiger partial charge on any atom is -0.453 e. The van der Waals surface area contributed by atoms with Crippen molar-refractivity contribution >= 4 is 56.8 Å². The maximum absolute atomic E-state index is 14.2. The van der Waals surface area contributed by atoms with Gasteiger partial charge in [-0.15, -0.1) is 0 Å². The van der Waals surface area contributed by atoms with Gasteiger partial charge in [0, 0.05) is 71.3 Å². The molecule has 4 aromatic heterocycles. The van der Waals surface area contributed by atoms with Crippen LogP contribution in [0.2, 0.25) is 0 Å². The zero-order valence-corrected chi connectivity index (χ0v) is 37.6. The van der Waals surface area contributed by atoms with Crippen molar-refractivity contribution in [3.05, 3.63) is 143 Å². The highest BCUT2D eigenvalue weighted by molar-refractivity contribution is 5.90. The van der Waals surface area contributed by atoms with Gasteiger partial charge in [-0.25, -0.2) is 19.6 Å². The van der Waals surface area contributed by atoms with E-state index < -0.39 is 24.3 Å². The standard InChI is InChI=1S/C52H50N10O6/c1-67-51(65)59-42(26-34-28-53-38-11-5-3-9-36(34)38)49(63)61-23-7-13-45(61)47-55-30-44(58-47)33-20-17-31(18-21-33)15-16-32-19-22-40-41(25-32)57-48(56-40)46-14-8-24-62(46)50(64)43(60-52(66)68-2)27-35-29-54-39-12-6-4-10-37(35)39/h3-6,9-12,17-22,25,28-30,42-43,45-46,53-54H,7-8,13-14,23-24,26-27H2,1-2H3,(H,55,58)(H,56,57)(H,59,65)(H,60,66). The number of aromatic nitrogens is 6.